The van der Waals surface area contributed by atoms with E-state index in [2.05, 4.69) is 15.3 Å². The molecule has 0 saturated carbocycles. The molecule has 0 spiro atoms. The predicted octanol–water partition coefficient (Wildman–Crippen LogP) is 3.55. The van der Waals surface area contributed by atoms with Crippen molar-refractivity contribution in [3.8, 4) is 11.4 Å². The van der Waals surface area contributed by atoms with Crippen LogP contribution in [-0.4, -0.2) is 65.8 Å². The van der Waals surface area contributed by atoms with E-state index in [4.69, 9.17) is 19.4 Å². The van der Waals surface area contributed by atoms with Gasteiger partial charge in [0.15, 0.2) is 5.82 Å². The van der Waals surface area contributed by atoms with Crippen LogP contribution < -0.4 is 4.90 Å². The van der Waals surface area contributed by atoms with Gasteiger partial charge in [0.25, 0.3) is 0 Å². The lowest BCUT2D eigenvalue weighted by Crippen LogP contribution is -2.35. The molecule has 1 aliphatic rings. The molecule has 0 unspecified atom stereocenters. The Bertz CT molecular complexity index is 1100. The zero-order valence-electron chi connectivity index (χ0n) is 19.3. The maximum Gasteiger partial charge on any atom is 0.343 e. The van der Waals surface area contributed by atoms with Crippen molar-refractivity contribution in [2.75, 3.05) is 44.9 Å². The van der Waals surface area contributed by atoms with Crippen LogP contribution in [0.25, 0.3) is 11.4 Å². The first-order valence-electron chi connectivity index (χ1n) is 11.1. The van der Waals surface area contributed by atoms with E-state index in [1.807, 2.05) is 43.1 Å². The molecule has 3 aromatic rings. The average Bonchev–Trinajstić information content (AvgIpc) is 3.26. The SMILES string of the molecule is CCOC(=O)c1cnc(-c2cccc(C)c2)nc1N(C)Cc1csc(CN2CCOCC2)n1. The van der Waals surface area contributed by atoms with Crippen LogP contribution in [0.4, 0.5) is 5.82 Å². The Morgan fingerprint density at radius 1 is 1.27 bits per heavy atom. The molecular formula is C24H29N5O3S. The molecule has 1 aromatic carbocycles. The summed E-state index contributed by atoms with van der Waals surface area (Å²) in [7, 11) is 1.91. The van der Waals surface area contributed by atoms with Crippen LogP contribution in [0.1, 0.15) is 33.5 Å². The van der Waals surface area contributed by atoms with E-state index >= 15 is 0 Å². The number of aromatic nitrogens is 3. The second-order valence-electron chi connectivity index (χ2n) is 8.00. The first kappa shape index (κ1) is 23.3. The van der Waals surface area contributed by atoms with Gasteiger partial charge < -0.3 is 14.4 Å². The summed E-state index contributed by atoms with van der Waals surface area (Å²) < 4.78 is 10.7. The maximum atomic E-state index is 12.6. The highest BCUT2D eigenvalue weighted by atomic mass is 32.1. The molecule has 2 aromatic heterocycles. The molecule has 1 saturated heterocycles. The van der Waals surface area contributed by atoms with Gasteiger partial charge in [0.1, 0.15) is 16.4 Å². The Hall–Kier alpha value is -2.88. The van der Waals surface area contributed by atoms with Gasteiger partial charge in [-0.3, -0.25) is 4.90 Å². The van der Waals surface area contributed by atoms with Crippen LogP contribution in [0.3, 0.4) is 0 Å². The zero-order valence-corrected chi connectivity index (χ0v) is 20.1. The Kier molecular flexibility index (Phi) is 7.64. The molecule has 1 fully saturated rings. The van der Waals surface area contributed by atoms with Crippen LogP contribution in [0.5, 0.6) is 0 Å². The molecule has 3 heterocycles. The Morgan fingerprint density at radius 2 is 2.09 bits per heavy atom. The summed E-state index contributed by atoms with van der Waals surface area (Å²) in [6.45, 7) is 8.87. The van der Waals surface area contributed by atoms with Gasteiger partial charge in [-0.1, -0.05) is 23.8 Å². The van der Waals surface area contributed by atoms with Crippen molar-refractivity contribution in [3.05, 3.63) is 57.7 Å². The quantitative estimate of drug-likeness (QED) is 0.465. The highest BCUT2D eigenvalue weighted by Gasteiger charge is 2.21. The lowest BCUT2D eigenvalue weighted by molar-refractivity contribution is 0.0341. The van der Waals surface area contributed by atoms with Crippen molar-refractivity contribution in [2.24, 2.45) is 0 Å². The molecule has 1 aliphatic heterocycles. The number of aryl methyl sites for hydroxylation is 1. The van der Waals surface area contributed by atoms with E-state index in [1.54, 1.807) is 24.5 Å². The Morgan fingerprint density at radius 3 is 2.85 bits per heavy atom. The van der Waals surface area contributed by atoms with Gasteiger partial charge in [0, 0.05) is 37.3 Å². The van der Waals surface area contributed by atoms with E-state index < -0.39 is 5.97 Å². The normalized spacial score (nSPS) is 14.3. The third kappa shape index (κ3) is 5.93. The minimum absolute atomic E-state index is 0.290. The van der Waals surface area contributed by atoms with Crippen LogP contribution in [0.2, 0.25) is 0 Å². The van der Waals surface area contributed by atoms with Crippen LogP contribution >= 0.6 is 11.3 Å². The number of benzene rings is 1. The average molecular weight is 468 g/mol. The number of rotatable bonds is 8. The van der Waals surface area contributed by atoms with Gasteiger partial charge in [-0.15, -0.1) is 11.3 Å². The van der Waals surface area contributed by atoms with Crippen molar-refractivity contribution >= 4 is 23.1 Å². The van der Waals surface area contributed by atoms with Crippen LogP contribution in [0, 0.1) is 6.92 Å². The Labute approximate surface area is 198 Å². The maximum absolute atomic E-state index is 12.6. The van der Waals surface area contributed by atoms with Gasteiger partial charge >= 0.3 is 5.97 Å². The molecule has 174 valence electrons. The Balaban J connectivity index is 1.56. The highest BCUT2D eigenvalue weighted by Crippen LogP contribution is 2.25. The van der Waals surface area contributed by atoms with Gasteiger partial charge in [0.05, 0.1) is 38.6 Å². The number of nitrogens with zero attached hydrogens (tertiary/aromatic N) is 5. The number of morpholine rings is 1. The first-order chi connectivity index (χ1) is 16.0. The molecule has 0 aliphatic carbocycles. The minimum atomic E-state index is -0.429. The number of carbonyl (C=O) groups is 1. The summed E-state index contributed by atoms with van der Waals surface area (Å²) >= 11 is 1.66. The van der Waals surface area contributed by atoms with E-state index in [0.29, 0.717) is 30.4 Å². The molecular weight excluding hydrogens is 438 g/mol. The molecule has 4 rings (SSSR count). The molecule has 0 radical (unpaired) electrons. The molecule has 0 bridgehead atoms. The predicted molar refractivity (Wildman–Crippen MR) is 128 cm³/mol. The zero-order chi connectivity index (χ0) is 23.2. The smallest absolute Gasteiger partial charge is 0.343 e. The van der Waals surface area contributed by atoms with Crippen molar-refractivity contribution in [2.45, 2.75) is 26.9 Å². The second kappa shape index (κ2) is 10.8. The van der Waals surface area contributed by atoms with Crippen molar-refractivity contribution in [3.63, 3.8) is 0 Å². The summed E-state index contributed by atoms with van der Waals surface area (Å²) in [5, 5.41) is 3.15. The van der Waals surface area contributed by atoms with E-state index in [0.717, 1.165) is 54.7 Å². The molecule has 33 heavy (non-hydrogen) atoms. The monoisotopic (exact) mass is 467 g/mol. The van der Waals surface area contributed by atoms with Crippen LogP contribution in [0.15, 0.2) is 35.8 Å². The molecule has 0 atom stereocenters. The lowest BCUT2D eigenvalue weighted by Gasteiger charge is -2.25. The lowest BCUT2D eigenvalue weighted by atomic mass is 10.1. The standard InChI is InChI=1S/C24H29N5O3S/c1-4-32-24(30)20-13-25-22(18-7-5-6-17(2)12-18)27-23(20)28(3)14-19-16-33-21(26-19)15-29-8-10-31-11-9-29/h5-7,12-13,16H,4,8-11,14-15H2,1-3H3. The number of hydrogen-bond donors (Lipinski definition) is 0. The van der Waals surface area contributed by atoms with Gasteiger partial charge in [-0.05, 0) is 19.9 Å². The van der Waals surface area contributed by atoms with Crippen molar-refractivity contribution in [1.82, 2.24) is 19.9 Å². The number of esters is 1. The minimum Gasteiger partial charge on any atom is -0.462 e. The molecule has 0 amide bonds. The number of anilines is 1. The first-order valence-corrected chi connectivity index (χ1v) is 12.0. The molecule has 8 nitrogen and oxygen atoms in total. The van der Waals surface area contributed by atoms with Gasteiger partial charge in [0.2, 0.25) is 0 Å². The van der Waals surface area contributed by atoms with Crippen LogP contribution in [-0.2, 0) is 22.6 Å². The fourth-order valence-corrected chi connectivity index (χ4v) is 4.53. The number of ether oxygens (including phenoxy) is 2. The third-order valence-electron chi connectivity index (χ3n) is 5.36. The second-order valence-corrected chi connectivity index (χ2v) is 8.94. The van der Waals surface area contributed by atoms with Gasteiger partial charge in [-0.25, -0.2) is 19.7 Å². The fourth-order valence-electron chi connectivity index (χ4n) is 3.70. The number of carbonyl (C=O) groups excluding carboxylic acids is 1. The van der Waals surface area contributed by atoms with E-state index in [9.17, 15) is 4.79 Å². The largest absolute Gasteiger partial charge is 0.462 e. The summed E-state index contributed by atoms with van der Waals surface area (Å²) in [5.41, 5.74) is 3.31. The summed E-state index contributed by atoms with van der Waals surface area (Å²) in [4.78, 5) is 30.9. The summed E-state index contributed by atoms with van der Waals surface area (Å²) in [6.07, 6.45) is 1.55. The number of thiazole rings is 1. The van der Waals surface area contributed by atoms with Crippen molar-refractivity contribution < 1.29 is 14.3 Å². The van der Waals surface area contributed by atoms with Gasteiger partial charge in [-0.2, -0.15) is 0 Å². The fraction of sp³-hybridized carbons (Fsp3) is 0.417. The van der Waals surface area contributed by atoms with E-state index in [-0.39, 0.29) is 0 Å². The van der Waals surface area contributed by atoms with E-state index in [1.165, 1.54) is 0 Å². The van der Waals surface area contributed by atoms with Crippen molar-refractivity contribution in [1.29, 1.82) is 0 Å². The third-order valence-corrected chi connectivity index (χ3v) is 6.25. The topological polar surface area (TPSA) is 80.7 Å². The summed E-state index contributed by atoms with van der Waals surface area (Å²) in [6, 6.07) is 8.00. The highest BCUT2D eigenvalue weighted by molar-refractivity contribution is 7.09. The number of hydrogen-bond acceptors (Lipinski definition) is 9. The molecule has 0 N–H and O–H groups in total. The summed E-state index contributed by atoms with van der Waals surface area (Å²) in [5.74, 6) is 0.670. The molecule has 9 heteroatoms.